The van der Waals surface area contributed by atoms with Gasteiger partial charge in [-0.25, -0.2) is 4.98 Å². The molecule has 0 aromatic carbocycles. The molecule has 1 aliphatic carbocycles. The molecule has 6 heteroatoms. The summed E-state index contributed by atoms with van der Waals surface area (Å²) in [4.78, 5) is 16.8. The van der Waals surface area contributed by atoms with Crippen LogP contribution in [0, 0.1) is 5.41 Å². The quantitative estimate of drug-likeness (QED) is 0.749. The number of nitrogens with zero attached hydrogens (tertiary/aromatic N) is 1. The third-order valence-electron chi connectivity index (χ3n) is 3.45. The number of nitrogens with two attached hydrogens (primary N) is 1. The highest BCUT2D eigenvalue weighted by Gasteiger charge is 2.24. The molecule has 4 N–H and O–H groups in total. The second-order valence-corrected chi connectivity index (χ2v) is 6.85. The number of thiazole rings is 1. The van der Waals surface area contributed by atoms with E-state index in [9.17, 15) is 4.79 Å². The first-order valence-electron chi connectivity index (χ1n) is 6.72. The largest absolute Gasteiger partial charge is 0.382 e. The van der Waals surface area contributed by atoms with Gasteiger partial charge in [0.25, 0.3) is 5.91 Å². The molecule has 1 amide bonds. The topological polar surface area (TPSA) is 80.0 Å². The van der Waals surface area contributed by atoms with Gasteiger partial charge in [0.05, 0.1) is 0 Å². The highest BCUT2D eigenvalue weighted by molar-refractivity contribution is 7.18. The molecule has 106 valence electrons. The van der Waals surface area contributed by atoms with Gasteiger partial charge < -0.3 is 16.4 Å². The predicted molar refractivity (Wildman–Crippen MR) is 79.6 cm³/mol. The molecule has 19 heavy (non-hydrogen) atoms. The minimum absolute atomic E-state index is 0.101. The van der Waals surface area contributed by atoms with E-state index in [1.54, 1.807) is 0 Å². The minimum atomic E-state index is -0.125. The molecule has 1 aliphatic rings. The van der Waals surface area contributed by atoms with Crippen LogP contribution in [-0.4, -0.2) is 23.5 Å². The van der Waals surface area contributed by atoms with Gasteiger partial charge in [-0.05, 0) is 24.7 Å². The average molecular weight is 282 g/mol. The summed E-state index contributed by atoms with van der Waals surface area (Å²) in [5, 5.41) is 6.95. The Kier molecular flexibility index (Phi) is 3.99. The molecule has 5 nitrogen and oxygen atoms in total. The van der Waals surface area contributed by atoms with E-state index >= 15 is 0 Å². The molecule has 2 rings (SSSR count). The number of hydrogen-bond acceptors (Lipinski definition) is 5. The van der Waals surface area contributed by atoms with E-state index in [1.807, 2.05) is 0 Å². The van der Waals surface area contributed by atoms with Crippen molar-refractivity contribution >= 4 is 28.2 Å². The van der Waals surface area contributed by atoms with E-state index < -0.39 is 0 Å². The highest BCUT2D eigenvalue weighted by Crippen LogP contribution is 2.30. The van der Waals surface area contributed by atoms with Crippen LogP contribution in [0.5, 0.6) is 0 Å². The van der Waals surface area contributed by atoms with Crippen molar-refractivity contribution in [3.63, 3.8) is 0 Å². The zero-order valence-corrected chi connectivity index (χ0v) is 12.6. The fourth-order valence-corrected chi connectivity index (χ4v) is 2.36. The normalized spacial score (nSPS) is 15.3. The third-order valence-corrected chi connectivity index (χ3v) is 4.45. The lowest BCUT2D eigenvalue weighted by atomic mass is 9.90. The standard InChI is InChI=1S/C13H22N4OS/c1-4-13(2,3)7-15-11(18)9-10(14)17-12(19-9)16-8-5-6-8/h8H,4-7,14H2,1-3H3,(H,15,18)(H,16,17). The van der Waals surface area contributed by atoms with Gasteiger partial charge in [-0.2, -0.15) is 0 Å². The Bertz CT molecular complexity index is 465. The number of aromatic nitrogens is 1. The van der Waals surface area contributed by atoms with Crippen molar-refractivity contribution in [2.75, 3.05) is 17.6 Å². The number of amides is 1. The van der Waals surface area contributed by atoms with Gasteiger partial charge in [-0.15, -0.1) is 0 Å². The average Bonchev–Trinajstić information content (AvgIpc) is 3.09. The number of carbonyl (C=O) groups excluding carboxylic acids is 1. The zero-order valence-electron chi connectivity index (χ0n) is 11.7. The molecule has 1 aromatic heterocycles. The van der Waals surface area contributed by atoms with Gasteiger partial charge in [0, 0.05) is 12.6 Å². The van der Waals surface area contributed by atoms with Gasteiger partial charge >= 0.3 is 0 Å². The Balaban J connectivity index is 1.96. The van der Waals surface area contributed by atoms with Crippen LogP contribution in [0.15, 0.2) is 0 Å². The zero-order chi connectivity index (χ0) is 14.0. The Morgan fingerprint density at radius 2 is 2.21 bits per heavy atom. The van der Waals surface area contributed by atoms with Gasteiger partial charge in [-0.1, -0.05) is 32.1 Å². The van der Waals surface area contributed by atoms with Gasteiger partial charge in [0.1, 0.15) is 10.7 Å². The maximum absolute atomic E-state index is 12.1. The monoisotopic (exact) mass is 282 g/mol. The van der Waals surface area contributed by atoms with Crippen molar-refractivity contribution in [3.05, 3.63) is 4.88 Å². The van der Waals surface area contributed by atoms with Crippen molar-refractivity contribution in [1.29, 1.82) is 0 Å². The van der Waals surface area contributed by atoms with E-state index in [0.29, 0.717) is 23.3 Å². The molecule has 0 spiro atoms. The summed E-state index contributed by atoms with van der Waals surface area (Å²) < 4.78 is 0. The van der Waals surface area contributed by atoms with Gasteiger partial charge in [0.15, 0.2) is 5.13 Å². The molecule has 1 fully saturated rings. The molecule has 0 unspecified atom stereocenters. The van der Waals surface area contributed by atoms with Crippen molar-refractivity contribution in [1.82, 2.24) is 10.3 Å². The first-order valence-corrected chi connectivity index (χ1v) is 7.54. The molecular formula is C13H22N4OS. The van der Waals surface area contributed by atoms with Crippen LogP contribution in [0.1, 0.15) is 49.7 Å². The summed E-state index contributed by atoms with van der Waals surface area (Å²) in [5.41, 5.74) is 5.91. The lowest BCUT2D eigenvalue weighted by Gasteiger charge is -2.22. The van der Waals surface area contributed by atoms with Crippen molar-refractivity contribution in [2.24, 2.45) is 5.41 Å². The van der Waals surface area contributed by atoms with Crippen LogP contribution in [0.25, 0.3) is 0 Å². The predicted octanol–water partition coefficient (Wildman–Crippen LogP) is 2.47. The van der Waals surface area contributed by atoms with Crippen LogP contribution in [0.2, 0.25) is 0 Å². The van der Waals surface area contributed by atoms with Crippen molar-refractivity contribution < 1.29 is 4.79 Å². The smallest absolute Gasteiger partial charge is 0.265 e. The highest BCUT2D eigenvalue weighted by atomic mass is 32.1. The first kappa shape index (κ1) is 14.1. The molecule has 0 aliphatic heterocycles. The Morgan fingerprint density at radius 1 is 1.53 bits per heavy atom. The third kappa shape index (κ3) is 3.83. The summed E-state index contributed by atoms with van der Waals surface area (Å²) >= 11 is 1.33. The Labute approximate surface area is 118 Å². The number of rotatable bonds is 6. The summed E-state index contributed by atoms with van der Waals surface area (Å²) in [7, 11) is 0. The molecule has 0 bridgehead atoms. The van der Waals surface area contributed by atoms with Crippen molar-refractivity contribution in [2.45, 2.75) is 46.1 Å². The maximum Gasteiger partial charge on any atom is 0.265 e. The summed E-state index contributed by atoms with van der Waals surface area (Å²) in [6.45, 7) is 7.02. The minimum Gasteiger partial charge on any atom is -0.382 e. The summed E-state index contributed by atoms with van der Waals surface area (Å²) in [5.74, 6) is 0.195. The Hall–Kier alpha value is -1.30. The van der Waals surface area contributed by atoms with Crippen LogP contribution in [-0.2, 0) is 0 Å². The lowest BCUT2D eigenvalue weighted by Crippen LogP contribution is -2.33. The molecule has 0 atom stereocenters. The van der Waals surface area contributed by atoms with E-state index in [1.165, 1.54) is 24.2 Å². The summed E-state index contributed by atoms with van der Waals surface area (Å²) in [6, 6.07) is 0.514. The van der Waals surface area contributed by atoms with E-state index in [-0.39, 0.29) is 11.3 Å². The second kappa shape index (κ2) is 5.36. The fraction of sp³-hybridized carbons (Fsp3) is 0.692. The molecule has 1 heterocycles. The van der Waals surface area contributed by atoms with Crippen LogP contribution >= 0.6 is 11.3 Å². The number of anilines is 2. The molecule has 0 saturated heterocycles. The number of carbonyl (C=O) groups is 1. The molecule has 1 aromatic rings. The fourth-order valence-electron chi connectivity index (χ4n) is 1.48. The van der Waals surface area contributed by atoms with E-state index in [4.69, 9.17) is 5.73 Å². The number of nitrogens with one attached hydrogen (secondary N) is 2. The number of hydrogen-bond donors (Lipinski definition) is 3. The first-order chi connectivity index (χ1) is 8.91. The maximum atomic E-state index is 12.1. The lowest BCUT2D eigenvalue weighted by molar-refractivity contribution is 0.0940. The van der Waals surface area contributed by atoms with E-state index in [2.05, 4.69) is 36.4 Å². The molecular weight excluding hydrogens is 260 g/mol. The SMILES string of the molecule is CCC(C)(C)CNC(=O)c1sc(NC2CC2)nc1N. The second-order valence-electron chi connectivity index (χ2n) is 5.85. The van der Waals surface area contributed by atoms with Gasteiger partial charge in [0.2, 0.25) is 0 Å². The van der Waals surface area contributed by atoms with Crippen LogP contribution < -0.4 is 16.4 Å². The van der Waals surface area contributed by atoms with E-state index in [0.717, 1.165) is 11.6 Å². The van der Waals surface area contributed by atoms with Crippen LogP contribution in [0.3, 0.4) is 0 Å². The Morgan fingerprint density at radius 3 is 2.79 bits per heavy atom. The molecule has 1 saturated carbocycles. The molecule has 0 radical (unpaired) electrons. The summed E-state index contributed by atoms with van der Waals surface area (Å²) in [6.07, 6.45) is 3.36. The van der Waals surface area contributed by atoms with Gasteiger partial charge in [-0.3, -0.25) is 4.79 Å². The van der Waals surface area contributed by atoms with Crippen LogP contribution in [0.4, 0.5) is 10.9 Å². The number of nitrogen functional groups attached to an aromatic ring is 1. The van der Waals surface area contributed by atoms with Crippen molar-refractivity contribution in [3.8, 4) is 0 Å².